The molecule has 17 heavy (non-hydrogen) atoms. The number of aromatic amines is 1. The Labute approximate surface area is 102 Å². The number of H-pyrrole nitrogens is 1. The van der Waals surface area contributed by atoms with E-state index in [4.69, 9.17) is 0 Å². The van der Waals surface area contributed by atoms with E-state index in [1.807, 2.05) is 6.92 Å². The average molecular weight is 229 g/mol. The summed E-state index contributed by atoms with van der Waals surface area (Å²) in [6.07, 6.45) is 0. The summed E-state index contributed by atoms with van der Waals surface area (Å²) >= 11 is 0. The highest BCUT2D eigenvalue weighted by Gasteiger charge is 2.06. The van der Waals surface area contributed by atoms with E-state index in [0.29, 0.717) is 0 Å². The number of hydrogen-bond acceptors (Lipinski definition) is 2. The van der Waals surface area contributed by atoms with Crippen LogP contribution < -0.4 is 5.32 Å². The third-order valence-corrected chi connectivity index (χ3v) is 3.13. The Balaban J connectivity index is 2.15. The van der Waals surface area contributed by atoms with Crippen LogP contribution in [0.3, 0.4) is 0 Å². The van der Waals surface area contributed by atoms with Crippen LogP contribution in [-0.4, -0.2) is 10.2 Å². The third-order valence-electron chi connectivity index (χ3n) is 3.13. The summed E-state index contributed by atoms with van der Waals surface area (Å²) in [4.78, 5) is 0. The SMILES string of the molecule is Cc1ccc(C)c(NCc2c(C)n[nH]c2C)c1. The van der Waals surface area contributed by atoms with E-state index < -0.39 is 0 Å². The van der Waals surface area contributed by atoms with Crippen molar-refractivity contribution in [3.05, 3.63) is 46.3 Å². The molecule has 90 valence electrons. The van der Waals surface area contributed by atoms with E-state index in [9.17, 15) is 0 Å². The van der Waals surface area contributed by atoms with E-state index in [1.165, 1.54) is 22.4 Å². The van der Waals surface area contributed by atoms with Gasteiger partial charge in [-0.3, -0.25) is 5.10 Å². The summed E-state index contributed by atoms with van der Waals surface area (Å²) in [6, 6.07) is 6.46. The van der Waals surface area contributed by atoms with Crippen LogP contribution >= 0.6 is 0 Å². The molecule has 1 heterocycles. The molecule has 1 aromatic heterocycles. The maximum atomic E-state index is 4.20. The lowest BCUT2D eigenvalue weighted by Crippen LogP contribution is -2.03. The molecule has 2 rings (SSSR count). The minimum atomic E-state index is 0.818. The topological polar surface area (TPSA) is 40.7 Å². The Hall–Kier alpha value is -1.77. The summed E-state index contributed by atoms with van der Waals surface area (Å²) in [5.74, 6) is 0. The molecule has 3 heteroatoms. The first kappa shape index (κ1) is 11.7. The number of nitrogens with one attached hydrogen (secondary N) is 2. The van der Waals surface area contributed by atoms with Gasteiger partial charge >= 0.3 is 0 Å². The molecule has 3 nitrogen and oxygen atoms in total. The van der Waals surface area contributed by atoms with Crippen molar-refractivity contribution in [3.63, 3.8) is 0 Å². The Morgan fingerprint density at radius 3 is 2.59 bits per heavy atom. The Morgan fingerprint density at radius 1 is 1.18 bits per heavy atom. The van der Waals surface area contributed by atoms with E-state index in [1.54, 1.807) is 0 Å². The van der Waals surface area contributed by atoms with Crippen LogP contribution in [0, 0.1) is 27.7 Å². The van der Waals surface area contributed by atoms with Gasteiger partial charge in [0.2, 0.25) is 0 Å². The van der Waals surface area contributed by atoms with Gasteiger partial charge in [-0.15, -0.1) is 0 Å². The van der Waals surface area contributed by atoms with Crippen LogP contribution in [0.15, 0.2) is 18.2 Å². The maximum Gasteiger partial charge on any atom is 0.0643 e. The predicted molar refractivity (Wildman–Crippen MR) is 71.3 cm³/mol. The Bertz CT molecular complexity index is 507. The second-order valence-electron chi connectivity index (χ2n) is 4.58. The normalized spacial score (nSPS) is 10.6. The fourth-order valence-corrected chi connectivity index (χ4v) is 1.94. The van der Waals surface area contributed by atoms with Crippen molar-refractivity contribution in [1.82, 2.24) is 10.2 Å². The zero-order chi connectivity index (χ0) is 12.4. The van der Waals surface area contributed by atoms with Gasteiger partial charge in [0.15, 0.2) is 0 Å². The molecule has 0 atom stereocenters. The summed E-state index contributed by atoms with van der Waals surface area (Å²) in [5, 5.41) is 10.7. The third kappa shape index (κ3) is 2.49. The maximum absolute atomic E-state index is 4.20. The van der Waals surface area contributed by atoms with Gasteiger partial charge < -0.3 is 5.32 Å². The van der Waals surface area contributed by atoms with E-state index in [0.717, 1.165) is 17.9 Å². The summed E-state index contributed by atoms with van der Waals surface area (Å²) in [5.41, 5.74) is 7.21. The lowest BCUT2D eigenvalue weighted by molar-refractivity contribution is 1.02. The molecule has 1 aromatic carbocycles. The molecule has 0 saturated carbocycles. The smallest absolute Gasteiger partial charge is 0.0643 e. The van der Waals surface area contributed by atoms with Gasteiger partial charge in [0.1, 0.15) is 0 Å². The molecule has 0 bridgehead atoms. The summed E-state index contributed by atoms with van der Waals surface area (Å²) in [7, 11) is 0. The van der Waals surface area contributed by atoms with Gasteiger partial charge in [-0.2, -0.15) is 5.10 Å². The van der Waals surface area contributed by atoms with Crippen molar-refractivity contribution >= 4 is 5.69 Å². The van der Waals surface area contributed by atoms with E-state index in [2.05, 4.69) is 54.5 Å². The molecule has 0 amide bonds. The van der Waals surface area contributed by atoms with Crippen LogP contribution in [0.2, 0.25) is 0 Å². The van der Waals surface area contributed by atoms with Crippen molar-refractivity contribution in [2.24, 2.45) is 0 Å². The second kappa shape index (κ2) is 4.62. The highest BCUT2D eigenvalue weighted by molar-refractivity contribution is 5.53. The number of anilines is 1. The number of benzene rings is 1. The number of nitrogens with zero attached hydrogens (tertiary/aromatic N) is 1. The van der Waals surface area contributed by atoms with Crippen molar-refractivity contribution in [1.29, 1.82) is 0 Å². The zero-order valence-corrected chi connectivity index (χ0v) is 10.9. The van der Waals surface area contributed by atoms with Crippen molar-refractivity contribution in [2.45, 2.75) is 34.2 Å². The molecular formula is C14H19N3. The molecule has 0 unspecified atom stereocenters. The fraction of sp³-hybridized carbons (Fsp3) is 0.357. The molecule has 0 aliphatic heterocycles. The zero-order valence-electron chi connectivity index (χ0n) is 10.9. The molecule has 0 radical (unpaired) electrons. The van der Waals surface area contributed by atoms with E-state index in [-0.39, 0.29) is 0 Å². The van der Waals surface area contributed by atoms with Crippen LogP contribution in [0.1, 0.15) is 28.1 Å². The van der Waals surface area contributed by atoms with Crippen LogP contribution in [0.5, 0.6) is 0 Å². The van der Waals surface area contributed by atoms with Crippen molar-refractivity contribution in [2.75, 3.05) is 5.32 Å². The highest BCUT2D eigenvalue weighted by atomic mass is 15.1. The Kier molecular flexibility index (Phi) is 3.18. The van der Waals surface area contributed by atoms with Crippen LogP contribution in [0.25, 0.3) is 0 Å². The van der Waals surface area contributed by atoms with Gasteiger partial charge in [-0.05, 0) is 44.9 Å². The highest BCUT2D eigenvalue weighted by Crippen LogP contribution is 2.18. The van der Waals surface area contributed by atoms with Crippen molar-refractivity contribution < 1.29 is 0 Å². The molecule has 0 spiro atoms. The second-order valence-corrected chi connectivity index (χ2v) is 4.58. The summed E-state index contributed by atoms with van der Waals surface area (Å²) in [6.45, 7) is 9.14. The van der Waals surface area contributed by atoms with Gasteiger partial charge in [0.05, 0.1) is 5.69 Å². The Morgan fingerprint density at radius 2 is 1.94 bits per heavy atom. The number of aryl methyl sites for hydroxylation is 4. The first-order valence-electron chi connectivity index (χ1n) is 5.89. The summed E-state index contributed by atoms with van der Waals surface area (Å²) < 4.78 is 0. The monoisotopic (exact) mass is 229 g/mol. The molecule has 0 saturated heterocycles. The van der Waals surface area contributed by atoms with Crippen LogP contribution in [0.4, 0.5) is 5.69 Å². The average Bonchev–Trinajstić information content (AvgIpc) is 2.61. The quantitative estimate of drug-likeness (QED) is 0.848. The number of rotatable bonds is 3. The molecular weight excluding hydrogens is 210 g/mol. The van der Waals surface area contributed by atoms with Gasteiger partial charge in [0.25, 0.3) is 0 Å². The number of aromatic nitrogens is 2. The standard InChI is InChI=1S/C14H19N3/c1-9-5-6-10(2)14(7-9)15-8-13-11(3)16-17-12(13)4/h5-7,15H,8H2,1-4H3,(H,16,17). The molecule has 0 aliphatic carbocycles. The molecule has 2 N–H and O–H groups in total. The van der Waals surface area contributed by atoms with E-state index >= 15 is 0 Å². The predicted octanol–water partition coefficient (Wildman–Crippen LogP) is 3.26. The minimum absolute atomic E-state index is 0.818. The minimum Gasteiger partial charge on any atom is -0.381 e. The van der Waals surface area contributed by atoms with Crippen molar-refractivity contribution in [3.8, 4) is 0 Å². The lowest BCUT2D eigenvalue weighted by Gasteiger charge is -2.10. The van der Waals surface area contributed by atoms with Gasteiger partial charge in [-0.25, -0.2) is 0 Å². The first-order valence-corrected chi connectivity index (χ1v) is 5.89. The largest absolute Gasteiger partial charge is 0.381 e. The first-order chi connectivity index (χ1) is 8.08. The lowest BCUT2D eigenvalue weighted by atomic mass is 10.1. The molecule has 2 aromatic rings. The fourth-order valence-electron chi connectivity index (χ4n) is 1.94. The molecule has 0 aliphatic rings. The van der Waals surface area contributed by atoms with Crippen LogP contribution in [-0.2, 0) is 6.54 Å². The molecule has 0 fully saturated rings. The number of hydrogen-bond donors (Lipinski definition) is 2. The van der Waals surface area contributed by atoms with Gasteiger partial charge in [-0.1, -0.05) is 12.1 Å². The van der Waals surface area contributed by atoms with Gasteiger partial charge in [0, 0.05) is 23.5 Å².